The van der Waals surface area contributed by atoms with Gasteiger partial charge in [0.15, 0.2) is 5.82 Å². The maximum atomic E-state index is 12.9. The monoisotopic (exact) mass is 305 g/mol. The Morgan fingerprint density at radius 1 is 1.00 bits per heavy atom. The van der Waals surface area contributed by atoms with Crippen molar-refractivity contribution in [3.63, 3.8) is 0 Å². The summed E-state index contributed by atoms with van der Waals surface area (Å²) in [6.07, 6.45) is 0. The summed E-state index contributed by atoms with van der Waals surface area (Å²) in [6.45, 7) is 0. The van der Waals surface area contributed by atoms with Gasteiger partial charge in [-0.05, 0) is 24.3 Å². The van der Waals surface area contributed by atoms with Gasteiger partial charge in [0.2, 0.25) is 0 Å². The normalized spacial score (nSPS) is 10.9. The van der Waals surface area contributed by atoms with E-state index in [4.69, 9.17) is 0 Å². The van der Waals surface area contributed by atoms with Crippen LogP contribution in [0.15, 0.2) is 65.5 Å². The fourth-order valence-corrected chi connectivity index (χ4v) is 2.97. The Balaban J connectivity index is 1.99. The first-order valence-electron chi connectivity index (χ1n) is 6.80. The molecule has 2 aromatic carbocycles. The second kappa shape index (κ2) is 5.20. The predicted molar refractivity (Wildman–Crippen MR) is 87.0 cm³/mol. The van der Waals surface area contributed by atoms with E-state index in [2.05, 4.69) is 9.97 Å². The highest BCUT2D eigenvalue weighted by molar-refractivity contribution is 7.07. The highest BCUT2D eigenvalue weighted by Gasteiger charge is 2.20. The van der Waals surface area contributed by atoms with E-state index in [1.807, 2.05) is 60.0 Å². The molecule has 0 saturated carbocycles. The minimum atomic E-state index is -0.0997. The molecule has 0 amide bonds. The second-order valence-corrected chi connectivity index (χ2v) is 5.52. The van der Waals surface area contributed by atoms with E-state index in [-0.39, 0.29) is 5.91 Å². The zero-order chi connectivity index (χ0) is 14.9. The Morgan fingerprint density at radius 3 is 2.55 bits per heavy atom. The molecule has 22 heavy (non-hydrogen) atoms. The van der Waals surface area contributed by atoms with Crippen molar-refractivity contribution in [2.24, 2.45) is 0 Å². The van der Waals surface area contributed by atoms with Gasteiger partial charge in [0.1, 0.15) is 5.69 Å². The van der Waals surface area contributed by atoms with Gasteiger partial charge >= 0.3 is 0 Å². The van der Waals surface area contributed by atoms with Crippen molar-refractivity contribution in [1.29, 1.82) is 0 Å². The topological polar surface area (TPSA) is 47.8 Å². The molecule has 4 nitrogen and oxygen atoms in total. The summed E-state index contributed by atoms with van der Waals surface area (Å²) in [6, 6.07) is 16.8. The third-order valence-electron chi connectivity index (χ3n) is 3.45. The lowest BCUT2D eigenvalue weighted by Gasteiger charge is -2.06. The van der Waals surface area contributed by atoms with Gasteiger partial charge in [-0.1, -0.05) is 30.3 Å². The van der Waals surface area contributed by atoms with Crippen LogP contribution >= 0.6 is 11.3 Å². The van der Waals surface area contributed by atoms with E-state index in [9.17, 15) is 4.79 Å². The summed E-state index contributed by atoms with van der Waals surface area (Å²) in [7, 11) is 0. The Labute approximate surface area is 130 Å². The fourth-order valence-electron chi connectivity index (χ4n) is 2.44. The maximum Gasteiger partial charge on any atom is 0.264 e. The van der Waals surface area contributed by atoms with Gasteiger partial charge in [-0.15, -0.1) is 11.3 Å². The summed E-state index contributed by atoms with van der Waals surface area (Å²) in [5.74, 6) is 0.480. The van der Waals surface area contributed by atoms with Crippen LogP contribution in [0.3, 0.4) is 0 Å². The number of hydrogen-bond acceptors (Lipinski definition) is 4. The van der Waals surface area contributed by atoms with Gasteiger partial charge in [-0.2, -0.15) is 0 Å². The lowest BCUT2D eigenvalue weighted by Crippen LogP contribution is -2.13. The van der Waals surface area contributed by atoms with E-state index in [0.717, 1.165) is 11.0 Å². The van der Waals surface area contributed by atoms with Crippen molar-refractivity contribution in [3.05, 3.63) is 71.1 Å². The van der Waals surface area contributed by atoms with Gasteiger partial charge in [0, 0.05) is 10.9 Å². The van der Waals surface area contributed by atoms with Crippen LogP contribution in [0.25, 0.3) is 22.6 Å². The van der Waals surface area contributed by atoms with Gasteiger partial charge < -0.3 is 0 Å². The molecule has 0 aliphatic carbocycles. The first-order valence-corrected chi connectivity index (χ1v) is 7.74. The third kappa shape index (κ3) is 2.03. The first-order chi connectivity index (χ1) is 10.8. The Morgan fingerprint density at radius 2 is 1.77 bits per heavy atom. The highest BCUT2D eigenvalue weighted by atomic mass is 32.1. The van der Waals surface area contributed by atoms with E-state index < -0.39 is 0 Å². The van der Waals surface area contributed by atoms with Crippen molar-refractivity contribution in [2.45, 2.75) is 0 Å². The zero-order valence-corrected chi connectivity index (χ0v) is 12.3. The lowest BCUT2D eigenvalue weighted by molar-refractivity contribution is 0.0966. The molecule has 0 radical (unpaired) electrons. The van der Waals surface area contributed by atoms with Gasteiger partial charge in [0.05, 0.1) is 16.5 Å². The number of imidazole rings is 1. The number of thiazole rings is 1. The van der Waals surface area contributed by atoms with Crippen LogP contribution in [0, 0.1) is 0 Å². The molecule has 0 fully saturated rings. The smallest absolute Gasteiger partial charge is 0.264 e. The number of rotatable bonds is 2. The van der Waals surface area contributed by atoms with E-state index in [1.54, 1.807) is 10.1 Å². The molecule has 0 aliphatic heterocycles. The molecule has 5 heteroatoms. The average molecular weight is 305 g/mol. The van der Waals surface area contributed by atoms with Crippen LogP contribution in [-0.2, 0) is 0 Å². The predicted octanol–water partition coefficient (Wildman–Crippen LogP) is 3.85. The summed E-state index contributed by atoms with van der Waals surface area (Å²) >= 11 is 1.48. The molecule has 2 heterocycles. The molecule has 0 spiro atoms. The molecular weight excluding hydrogens is 294 g/mol. The molecular formula is C17H11N3OS. The number of carbonyl (C=O) groups excluding carboxylic acids is 1. The minimum Gasteiger partial charge on any atom is -0.268 e. The number of carbonyl (C=O) groups is 1. The SMILES string of the molecule is O=C(c1ccccc1)n1c(-c2cscn2)nc2ccccc21. The molecule has 106 valence electrons. The second-order valence-electron chi connectivity index (χ2n) is 4.80. The number of para-hydroxylation sites is 2. The molecule has 2 aromatic heterocycles. The number of aromatic nitrogens is 3. The van der Waals surface area contributed by atoms with Crippen LogP contribution in [0.2, 0.25) is 0 Å². The van der Waals surface area contributed by atoms with Crippen molar-refractivity contribution in [3.8, 4) is 11.5 Å². The van der Waals surface area contributed by atoms with Crippen molar-refractivity contribution < 1.29 is 4.79 Å². The van der Waals surface area contributed by atoms with Crippen molar-refractivity contribution in [1.82, 2.24) is 14.5 Å². The number of benzene rings is 2. The molecule has 0 bridgehead atoms. The number of hydrogen-bond donors (Lipinski definition) is 0. The van der Waals surface area contributed by atoms with Crippen LogP contribution in [0.5, 0.6) is 0 Å². The molecule has 4 aromatic rings. The Kier molecular flexibility index (Phi) is 3.05. The molecule has 4 rings (SSSR count). The quantitative estimate of drug-likeness (QED) is 0.565. The molecule has 0 aliphatic rings. The average Bonchev–Trinajstić information content (AvgIpc) is 3.22. The third-order valence-corrected chi connectivity index (χ3v) is 4.03. The number of nitrogens with zero attached hydrogens (tertiary/aromatic N) is 3. The van der Waals surface area contributed by atoms with Crippen LogP contribution < -0.4 is 0 Å². The highest BCUT2D eigenvalue weighted by Crippen LogP contribution is 2.25. The van der Waals surface area contributed by atoms with E-state index in [0.29, 0.717) is 17.1 Å². The maximum absolute atomic E-state index is 12.9. The summed E-state index contributed by atoms with van der Waals surface area (Å²) in [4.78, 5) is 21.8. The Bertz CT molecular complexity index is 943. The molecule has 0 atom stereocenters. The summed E-state index contributed by atoms with van der Waals surface area (Å²) in [5.41, 5.74) is 4.66. The summed E-state index contributed by atoms with van der Waals surface area (Å²) in [5, 5.41) is 1.90. The molecule has 0 saturated heterocycles. The minimum absolute atomic E-state index is 0.0997. The lowest BCUT2D eigenvalue weighted by atomic mass is 10.2. The number of fused-ring (bicyclic) bond motifs is 1. The van der Waals surface area contributed by atoms with Gasteiger partial charge in [-0.3, -0.25) is 9.36 Å². The van der Waals surface area contributed by atoms with Crippen molar-refractivity contribution in [2.75, 3.05) is 0 Å². The fraction of sp³-hybridized carbons (Fsp3) is 0. The van der Waals surface area contributed by atoms with E-state index in [1.165, 1.54) is 11.3 Å². The van der Waals surface area contributed by atoms with Gasteiger partial charge in [-0.25, -0.2) is 9.97 Å². The van der Waals surface area contributed by atoms with Crippen molar-refractivity contribution >= 4 is 28.3 Å². The summed E-state index contributed by atoms with van der Waals surface area (Å²) < 4.78 is 1.64. The van der Waals surface area contributed by atoms with Gasteiger partial charge in [0.25, 0.3) is 5.91 Å². The van der Waals surface area contributed by atoms with Crippen LogP contribution in [0.1, 0.15) is 10.4 Å². The molecule has 0 unspecified atom stereocenters. The van der Waals surface area contributed by atoms with E-state index >= 15 is 0 Å². The largest absolute Gasteiger partial charge is 0.268 e. The van der Waals surface area contributed by atoms with Crippen LogP contribution in [-0.4, -0.2) is 20.4 Å². The standard InChI is InChI=1S/C17H11N3OS/c21-17(12-6-2-1-3-7-12)20-15-9-5-4-8-13(15)19-16(20)14-10-22-11-18-14/h1-11H. The Hall–Kier alpha value is -2.79. The zero-order valence-electron chi connectivity index (χ0n) is 11.5. The first kappa shape index (κ1) is 12.9. The molecule has 0 N–H and O–H groups in total. The van der Waals surface area contributed by atoms with Crippen LogP contribution in [0.4, 0.5) is 0 Å².